The van der Waals surface area contributed by atoms with E-state index in [4.69, 9.17) is 19.6 Å². The number of furan rings is 1. The van der Waals surface area contributed by atoms with Crippen molar-refractivity contribution in [1.82, 2.24) is 0 Å². The molecule has 1 aliphatic heterocycles. The van der Waals surface area contributed by atoms with Crippen LogP contribution in [0.4, 0.5) is 0 Å². The summed E-state index contributed by atoms with van der Waals surface area (Å²) in [5, 5.41) is 0. The first kappa shape index (κ1) is 8.74. The van der Waals surface area contributed by atoms with Crippen LogP contribution in [0.3, 0.4) is 0 Å². The normalized spacial score (nSPS) is 25.8. The van der Waals surface area contributed by atoms with E-state index in [0.717, 1.165) is 5.56 Å². The Hall–Kier alpha value is -0.840. The van der Waals surface area contributed by atoms with Gasteiger partial charge in [-0.1, -0.05) is 0 Å². The molecule has 2 unspecified atom stereocenters. The molecule has 0 aromatic carbocycles. The third kappa shape index (κ3) is 1.91. The molecule has 0 spiro atoms. The summed E-state index contributed by atoms with van der Waals surface area (Å²) in [6, 6.07) is 1.70. The summed E-state index contributed by atoms with van der Waals surface area (Å²) in [6.45, 7) is 1.84. The molecule has 2 atom stereocenters. The van der Waals surface area contributed by atoms with Gasteiger partial charge in [0.05, 0.1) is 38.4 Å². The summed E-state index contributed by atoms with van der Waals surface area (Å²) >= 11 is 0. The maximum Gasteiger partial charge on any atom is 0.100 e. The fourth-order valence-corrected chi connectivity index (χ4v) is 1.39. The van der Waals surface area contributed by atoms with Gasteiger partial charge in [-0.05, 0) is 6.07 Å². The smallest absolute Gasteiger partial charge is 0.100 e. The molecule has 0 bridgehead atoms. The SMILES string of the molecule is NC(c1ccoc1)C1COCCO1. The van der Waals surface area contributed by atoms with Crippen molar-refractivity contribution in [3.05, 3.63) is 24.2 Å². The molecule has 1 saturated heterocycles. The van der Waals surface area contributed by atoms with Crippen molar-refractivity contribution in [3.63, 3.8) is 0 Å². The van der Waals surface area contributed by atoms with Crippen molar-refractivity contribution in [2.45, 2.75) is 12.1 Å². The number of nitrogens with two attached hydrogens (primary N) is 1. The molecule has 1 aliphatic rings. The average Bonchev–Trinajstić information content (AvgIpc) is 2.71. The van der Waals surface area contributed by atoms with Gasteiger partial charge in [-0.15, -0.1) is 0 Å². The van der Waals surface area contributed by atoms with E-state index in [1.54, 1.807) is 12.5 Å². The maximum absolute atomic E-state index is 5.95. The molecule has 72 valence electrons. The quantitative estimate of drug-likeness (QED) is 0.733. The number of hydrogen-bond donors (Lipinski definition) is 1. The summed E-state index contributed by atoms with van der Waals surface area (Å²) in [5.74, 6) is 0. The van der Waals surface area contributed by atoms with Crippen LogP contribution >= 0.6 is 0 Å². The fourth-order valence-electron chi connectivity index (χ4n) is 1.39. The maximum atomic E-state index is 5.95. The second-order valence-electron chi connectivity index (χ2n) is 3.07. The summed E-state index contributed by atoms with van der Waals surface area (Å²) in [7, 11) is 0. The minimum absolute atomic E-state index is 0.0497. The number of rotatable bonds is 2. The number of hydrogen-bond acceptors (Lipinski definition) is 4. The molecule has 13 heavy (non-hydrogen) atoms. The van der Waals surface area contributed by atoms with Gasteiger partial charge in [0, 0.05) is 5.56 Å². The molecule has 2 N–H and O–H groups in total. The van der Waals surface area contributed by atoms with Crippen molar-refractivity contribution in [2.75, 3.05) is 19.8 Å². The van der Waals surface area contributed by atoms with Gasteiger partial charge in [-0.2, -0.15) is 0 Å². The van der Waals surface area contributed by atoms with Gasteiger partial charge in [0.1, 0.15) is 6.10 Å². The zero-order valence-electron chi connectivity index (χ0n) is 7.31. The predicted molar refractivity (Wildman–Crippen MR) is 46.2 cm³/mol. The van der Waals surface area contributed by atoms with Crippen LogP contribution in [0.2, 0.25) is 0 Å². The zero-order chi connectivity index (χ0) is 9.10. The van der Waals surface area contributed by atoms with Crippen LogP contribution in [0, 0.1) is 0 Å². The van der Waals surface area contributed by atoms with E-state index in [0.29, 0.717) is 19.8 Å². The molecular formula is C9H13NO3. The molecule has 4 nitrogen and oxygen atoms in total. The first-order valence-corrected chi connectivity index (χ1v) is 4.35. The van der Waals surface area contributed by atoms with Gasteiger partial charge in [0.25, 0.3) is 0 Å². The lowest BCUT2D eigenvalue weighted by atomic mass is 10.1. The fraction of sp³-hybridized carbons (Fsp3) is 0.556. The molecule has 4 heteroatoms. The Kier molecular flexibility index (Phi) is 2.63. The van der Waals surface area contributed by atoms with Crippen molar-refractivity contribution >= 4 is 0 Å². The van der Waals surface area contributed by atoms with Gasteiger partial charge in [-0.25, -0.2) is 0 Å². The Balaban J connectivity index is 1.99. The van der Waals surface area contributed by atoms with E-state index in [9.17, 15) is 0 Å². The van der Waals surface area contributed by atoms with Gasteiger partial charge < -0.3 is 19.6 Å². The Morgan fingerprint density at radius 1 is 1.46 bits per heavy atom. The van der Waals surface area contributed by atoms with E-state index >= 15 is 0 Å². The second-order valence-corrected chi connectivity index (χ2v) is 3.07. The lowest BCUT2D eigenvalue weighted by molar-refractivity contribution is -0.0976. The van der Waals surface area contributed by atoms with Crippen molar-refractivity contribution in [1.29, 1.82) is 0 Å². The molecule has 0 amide bonds. The molecule has 2 heterocycles. The Labute approximate surface area is 76.6 Å². The minimum atomic E-state index is -0.154. The second kappa shape index (κ2) is 3.91. The van der Waals surface area contributed by atoms with E-state index in [1.807, 2.05) is 6.07 Å². The Bertz CT molecular complexity index is 241. The molecule has 0 saturated carbocycles. The third-order valence-electron chi connectivity index (χ3n) is 2.17. The zero-order valence-corrected chi connectivity index (χ0v) is 7.31. The largest absolute Gasteiger partial charge is 0.472 e. The summed E-state index contributed by atoms with van der Waals surface area (Å²) in [4.78, 5) is 0. The Morgan fingerprint density at radius 2 is 2.38 bits per heavy atom. The highest BCUT2D eigenvalue weighted by Gasteiger charge is 2.23. The summed E-state index contributed by atoms with van der Waals surface area (Å²) in [6.07, 6.45) is 3.20. The van der Waals surface area contributed by atoms with Crippen LogP contribution < -0.4 is 5.73 Å². The van der Waals surface area contributed by atoms with Gasteiger partial charge in [-0.3, -0.25) is 0 Å². The van der Waals surface area contributed by atoms with Crippen molar-refractivity contribution < 1.29 is 13.9 Å². The first-order chi connectivity index (χ1) is 6.38. The molecular weight excluding hydrogens is 170 g/mol. The van der Waals surface area contributed by atoms with Crippen molar-refractivity contribution in [3.8, 4) is 0 Å². The third-order valence-corrected chi connectivity index (χ3v) is 2.17. The molecule has 2 rings (SSSR count). The van der Waals surface area contributed by atoms with Crippen LogP contribution in [0.5, 0.6) is 0 Å². The van der Waals surface area contributed by atoms with E-state index in [1.165, 1.54) is 0 Å². The Morgan fingerprint density at radius 3 is 3.00 bits per heavy atom. The predicted octanol–water partition coefficient (Wildman–Crippen LogP) is 0.695. The standard InChI is InChI=1S/C9H13NO3/c10-9(7-1-2-11-5-7)8-6-12-3-4-13-8/h1-2,5,8-9H,3-4,6,10H2. The van der Waals surface area contributed by atoms with Gasteiger partial charge in [0.2, 0.25) is 0 Å². The summed E-state index contributed by atoms with van der Waals surface area (Å²) < 4.78 is 15.7. The molecule has 1 aromatic heterocycles. The molecule has 0 aliphatic carbocycles. The highest BCUT2D eigenvalue weighted by atomic mass is 16.6. The molecule has 1 aromatic rings. The van der Waals surface area contributed by atoms with Gasteiger partial charge >= 0.3 is 0 Å². The van der Waals surface area contributed by atoms with Crippen LogP contribution in [0.25, 0.3) is 0 Å². The van der Waals surface area contributed by atoms with Crippen LogP contribution in [-0.2, 0) is 9.47 Å². The lowest BCUT2D eigenvalue weighted by Gasteiger charge is -2.27. The monoisotopic (exact) mass is 183 g/mol. The van der Waals surface area contributed by atoms with Gasteiger partial charge in [0.15, 0.2) is 0 Å². The van der Waals surface area contributed by atoms with Crippen LogP contribution in [-0.4, -0.2) is 25.9 Å². The minimum Gasteiger partial charge on any atom is -0.472 e. The molecule has 1 fully saturated rings. The van der Waals surface area contributed by atoms with E-state index < -0.39 is 0 Å². The lowest BCUT2D eigenvalue weighted by Crippen LogP contribution is -2.37. The van der Waals surface area contributed by atoms with Crippen LogP contribution in [0.15, 0.2) is 23.0 Å². The first-order valence-electron chi connectivity index (χ1n) is 4.35. The van der Waals surface area contributed by atoms with E-state index in [2.05, 4.69) is 0 Å². The topological polar surface area (TPSA) is 57.6 Å². The average molecular weight is 183 g/mol. The van der Waals surface area contributed by atoms with Crippen LogP contribution in [0.1, 0.15) is 11.6 Å². The highest BCUT2D eigenvalue weighted by molar-refractivity contribution is 5.12. The highest BCUT2D eigenvalue weighted by Crippen LogP contribution is 2.19. The number of ether oxygens (including phenoxy) is 2. The summed E-state index contributed by atoms with van der Waals surface area (Å²) in [5.41, 5.74) is 6.90. The molecule has 0 radical (unpaired) electrons. The van der Waals surface area contributed by atoms with Crippen molar-refractivity contribution in [2.24, 2.45) is 5.73 Å². The van der Waals surface area contributed by atoms with E-state index in [-0.39, 0.29) is 12.1 Å².